The SMILES string of the molecule is O=c1ccc2ccc(Oc3ncnc4c(F)cccc34)cc2o1. The third kappa shape index (κ3) is 2.40. The van der Waals surface area contributed by atoms with Gasteiger partial charge in [0.2, 0.25) is 5.88 Å². The van der Waals surface area contributed by atoms with Gasteiger partial charge in [-0.2, -0.15) is 0 Å². The van der Waals surface area contributed by atoms with Crippen molar-refractivity contribution in [3.63, 3.8) is 0 Å². The molecular formula is C17H9FN2O3. The number of hydrogen-bond acceptors (Lipinski definition) is 5. The maximum absolute atomic E-state index is 13.8. The summed E-state index contributed by atoms with van der Waals surface area (Å²) in [6.45, 7) is 0. The number of benzene rings is 2. The van der Waals surface area contributed by atoms with Crippen LogP contribution in [0.5, 0.6) is 11.6 Å². The summed E-state index contributed by atoms with van der Waals surface area (Å²) < 4.78 is 24.6. The third-order valence-corrected chi connectivity index (χ3v) is 3.39. The second-order valence-corrected chi connectivity index (χ2v) is 4.87. The highest BCUT2D eigenvalue weighted by molar-refractivity contribution is 5.84. The van der Waals surface area contributed by atoms with Gasteiger partial charge in [0.15, 0.2) is 0 Å². The van der Waals surface area contributed by atoms with Gasteiger partial charge in [-0.1, -0.05) is 6.07 Å². The normalized spacial score (nSPS) is 11.0. The van der Waals surface area contributed by atoms with Crippen LogP contribution in [0.3, 0.4) is 0 Å². The van der Waals surface area contributed by atoms with Crippen LogP contribution in [-0.2, 0) is 0 Å². The van der Waals surface area contributed by atoms with E-state index in [2.05, 4.69) is 9.97 Å². The highest BCUT2D eigenvalue weighted by atomic mass is 19.1. The monoisotopic (exact) mass is 308 g/mol. The van der Waals surface area contributed by atoms with Gasteiger partial charge >= 0.3 is 5.63 Å². The maximum atomic E-state index is 13.8. The summed E-state index contributed by atoms with van der Waals surface area (Å²) >= 11 is 0. The van der Waals surface area contributed by atoms with Crippen molar-refractivity contribution in [2.24, 2.45) is 0 Å². The van der Waals surface area contributed by atoms with Crippen LogP contribution >= 0.6 is 0 Å². The minimum Gasteiger partial charge on any atom is -0.438 e. The van der Waals surface area contributed by atoms with Crippen LogP contribution in [0.15, 0.2) is 64.1 Å². The molecule has 5 nitrogen and oxygen atoms in total. The number of ether oxygens (including phenoxy) is 1. The summed E-state index contributed by atoms with van der Waals surface area (Å²) in [6, 6.07) is 12.6. The fourth-order valence-corrected chi connectivity index (χ4v) is 2.33. The van der Waals surface area contributed by atoms with Crippen LogP contribution in [0.4, 0.5) is 4.39 Å². The quantitative estimate of drug-likeness (QED) is 0.529. The molecule has 0 amide bonds. The number of nitrogens with zero attached hydrogens (tertiary/aromatic N) is 2. The molecule has 0 N–H and O–H groups in total. The van der Waals surface area contributed by atoms with E-state index in [4.69, 9.17) is 9.15 Å². The molecule has 2 aromatic heterocycles. The Hall–Kier alpha value is -3.28. The van der Waals surface area contributed by atoms with Gasteiger partial charge in [-0.05, 0) is 30.3 Å². The lowest BCUT2D eigenvalue weighted by molar-refractivity contribution is 0.466. The fourth-order valence-electron chi connectivity index (χ4n) is 2.33. The summed E-state index contributed by atoms with van der Waals surface area (Å²) in [6.07, 6.45) is 1.24. The predicted octanol–water partition coefficient (Wildman–Crippen LogP) is 3.67. The zero-order chi connectivity index (χ0) is 15.8. The maximum Gasteiger partial charge on any atom is 0.336 e. The second-order valence-electron chi connectivity index (χ2n) is 4.87. The zero-order valence-electron chi connectivity index (χ0n) is 11.7. The molecule has 2 heterocycles. The molecule has 0 aliphatic rings. The fraction of sp³-hybridized carbons (Fsp3) is 0. The number of halogens is 1. The Labute approximate surface area is 129 Å². The Bertz CT molecular complexity index is 1090. The van der Waals surface area contributed by atoms with Crippen molar-refractivity contribution >= 4 is 21.9 Å². The van der Waals surface area contributed by atoms with Crippen molar-refractivity contribution in [3.05, 3.63) is 71.1 Å². The van der Waals surface area contributed by atoms with E-state index in [1.54, 1.807) is 36.4 Å². The molecule has 6 heteroatoms. The lowest BCUT2D eigenvalue weighted by Crippen LogP contribution is -1.95. The van der Waals surface area contributed by atoms with E-state index in [1.165, 1.54) is 18.5 Å². The van der Waals surface area contributed by atoms with Crippen LogP contribution in [0, 0.1) is 5.82 Å². The molecule has 0 radical (unpaired) electrons. The summed E-state index contributed by atoms with van der Waals surface area (Å²) in [7, 11) is 0. The van der Waals surface area contributed by atoms with Gasteiger partial charge in [-0.3, -0.25) is 0 Å². The molecule has 0 unspecified atom stereocenters. The van der Waals surface area contributed by atoms with Gasteiger partial charge in [0.05, 0.1) is 5.39 Å². The molecule has 4 rings (SSSR count). The Balaban J connectivity index is 1.82. The molecule has 0 aliphatic heterocycles. The summed E-state index contributed by atoms with van der Waals surface area (Å²) in [5.41, 5.74) is 0.147. The second kappa shape index (κ2) is 5.17. The number of fused-ring (bicyclic) bond motifs is 2. The molecule has 2 aromatic carbocycles. The van der Waals surface area contributed by atoms with Crippen molar-refractivity contribution in [2.45, 2.75) is 0 Å². The van der Waals surface area contributed by atoms with Crippen molar-refractivity contribution in [1.29, 1.82) is 0 Å². The van der Waals surface area contributed by atoms with Gasteiger partial charge in [-0.15, -0.1) is 0 Å². The Kier molecular flexibility index (Phi) is 3.01. The molecule has 0 saturated carbocycles. The van der Waals surface area contributed by atoms with Crippen molar-refractivity contribution in [2.75, 3.05) is 0 Å². The molecule has 0 aliphatic carbocycles. The van der Waals surface area contributed by atoms with E-state index < -0.39 is 11.4 Å². The molecule has 23 heavy (non-hydrogen) atoms. The van der Waals surface area contributed by atoms with E-state index in [-0.39, 0.29) is 11.4 Å². The Morgan fingerprint density at radius 3 is 2.83 bits per heavy atom. The van der Waals surface area contributed by atoms with E-state index in [0.29, 0.717) is 16.7 Å². The van der Waals surface area contributed by atoms with Gasteiger partial charge < -0.3 is 9.15 Å². The molecule has 0 bridgehead atoms. The van der Waals surface area contributed by atoms with Crippen LogP contribution in [0.25, 0.3) is 21.9 Å². The molecule has 0 fully saturated rings. The molecular weight excluding hydrogens is 299 g/mol. The smallest absolute Gasteiger partial charge is 0.336 e. The summed E-state index contributed by atoms with van der Waals surface area (Å²) in [5.74, 6) is 0.211. The van der Waals surface area contributed by atoms with Gasteiger partial charge in [0, 0.05) is 17.5 Å². The molecule has 0 spiro atoms. The predicted molar refractivity (Wildman–Crippen MR) is 82.1 cm³/mol. The first-order chi connectivity index (χ1) is 11.2. The van der Waals surface area contributed by atoms with E-state index in [1.807, 2.05) is 0 Å². The number of aromatic nitrogens is 2. The largest absolute Gasteiger partial charge is 0.438 e. The number of para-hydroxylation sites is 1. The lowest BCUT2D eigenvalue weighted by atomic mass is 10.2. The van der Waals surface area contributed by atoms with Gasteiger partial charge in [-0.25, -0.2) is 19.2 Å². The minimum absolute atomic E-state index is 0.185. The lowest BCUT2D eigenvalue weighted by Gasteiger charge is -2.08. The first kappa shape index (κ1) is 13.4. The highest BCUT2D eigenvalue weighted by Crippen LogP contribution is 2.29. The Morgan fingerprint density at radius 2 is 1.91 bits per heavy atom. The third-order valence-electron chi connectivity index (χ3n) is 3.39. The van der Waals surface area contributed by atoms with Crippen LogP contribution in [-0.4, -0.2) is 9.97 Å². The highest BCUT2D eigenvalue weighted by Gasteiger charge is 2.10. The Morgan fingerprint density at radius 1 is 1.04 bits per heavy atom. The van der Waals surface area contributed by atoms with Crippen molar-refractivity contribution < 1.29 is 13.5 Å². The molecule has 4 aromatic rings. The van der Waals surface area contributed by atoms with Crippen LogP contribution in [0.2, 0.25) is 0 Å². The molecule has 0 saturated heterocycles. The van der Waals surface area contributed by atoms with Crippen LogP contribution < -0.4 is 10.4 Å². The molecule has 0 atom stereocenters. The first-order valence-electron chi connectivity index (χ1n) is 6.82. The first-order valence-corrected chi connectivity index (χ1v) is 6.82. The van der Waals surface area contributed by atoms with Crippen molar-refractivity contribution in [3.8, 4) is 11.6 Å². The summed E-state index contributed by atoms with van der Waals surface area (Å²) in [4.78, 5) is 19.3. The average Bonchev–Trinajstić information content (AvgIpc) is 2.55. The molecule has 112 valence electrons. The van der Waals surface area contributed by atoms with E-state index in [9.17, 15) is 9.18 Å². The summed E-state index contributed by atoms with van der Waals surface area (Å²) in [5, 5.41) is 1.23. The average molecular weight is 308 g/mol. The van der Waals surface area contributed by atoms with Gasteiger partial charge in [0.1, 0.15) is 29.0 Å². The van der Waals surface area contributed by atoms with E-state index in [0.717, 1.165) is 5.39 Å². The van der Waals surface area contributed by atoms with Gasteiger partial charge in [0.25, 0.3) is 0 Å². The zero-order valence-corrected chi connectivity index (χ0v) is 11.7. The number of rotatable bonds is 2. The number of hydrogen-bond donors (Lipinski definition) is 0. The minimum atomic E-state index is -0.445. The van der Waals surface area contributed by atoms with Crippen LogP contribution in [0.1, 0.15) is 0 Å². The van der Waals surface area contributed by atoms with Crippen molar-refractivity contribution in [1.82, 2.24) is 9.97 Å². The van der Waals surface area contributed by atoms with E-state index >= 15 is 0 Å². The topological polar surface area (TPSA) is 65.2 Å². The standard InChI is InChI=1S/C17H9FN2O3/c18-13-3-1-2-12-16(13)19-9-20-17(12)22-11-6-4-10-5-7-15(21)23-14(10)8-11/h1-9H.